The van der Waals surface area contributed by atoms with E-state index in [4.69, 9.17) is 9.47 Å². The Labute approximate surface area is 236 Å². The number of anilines is 1. The van der Waals surface area contributed by atoms with Crippen molar-refractivity contribution in [2.24, 2.45) is 0 Å². The molecule has 206 valence electrons. The molecule has 0 bridgehead atoms. The van der Waals surface area contributed by atoms with Crippen LogP contribution in [0.15, 0.2) is 109 Å². The third-order valence-corrected chi connectivity index (χ3v) is 7.50. The lowest BCUT2D eigenvalue weighted by Crippen LogP contribution is -2.38. The summed E-state index contributed by atoms with van der Waals surface area (Å²) < 4.78 is 13.1. The van der Waals surface area contributed by atoms with Crippen molar-refractivity contribution in [3.05, 3.63) is 137 Å². The summed E-state index contributed by atoms with van der Waals surface area (Å²) in [6, 6.07) is 35.4. The van der Waals surface area contributed by atoms with Gasteiger partial charge in [0, 0.05) is 35.8 Å². The van der Waals surface area contributed by atoms with Crippen LogP contribution < -0.4 is 5.32 Å². The summed E-state index contributed by atoms with van der Waals surface area (Å²) >= 11 is 0. The Balaban J connectivity index is 1.36. The first-order valence-corrected chi connectivity index (χ1v) is 13.7. The van der Waals surface area contributed by atoms with E-state index in [0.717, 1.165) is 23.2 Å². The molecule has 4 aromatic carbocycles. The molecule has 0 radical (unpaired) electrons. The lowest BCUT2D eigenvalue weighted by molar-refractivity contribution is -0.253. The maximum atomic E-state index is 12.7. The highest BCUT2D eigenvalue weighted by atomic mass is 16.7. The van der Waals surface area contributed by atoms with Crippen molar-refractivity contribution >= 4 is 11.6 Å². The largest absolute Gasteiger partial charge is 0.392 e. The van der Waals surface area contributed by atoms with Gasteiger partial charge in [-0.25, -0.2) is 0 Å². The van der Waals surface area contributed by atoms with Crippen LogP contribution in [0.2, 0.25) is 0 Å². The van der Waals surface area contributed by atoms with Crippen LogP contribution in [0.3, 0.4) is 0 Å². The van der Waals surface area contributed by atoms with Crippen LogP contribution in [0.4, 0.5) is 5.69 Å². The second-order valence-corrected chi connectivity index (χ2v) is 10.3. The highest BCUT2D eigenvalue weighted by Gasteiger charge is 2.33. The molecule has 0 aromatic heterocycles. The van der Waals surface area contributed by atoms with Gasteiger partial charge in [0.1, 0.15) is 0 Å². The van der Waals surface area contributed by atoms with E-state index in [1.165, 1.54) is 5.56 Å². The number of nitrogens with one attached hydrogen (secondary N) is 1. The molecule has 4 aromatic rings. The monoisotopic (exact) mass is 536 g/mol. The van der Waals surface area contributed by atoms with Crippen LogP contribution in [0.5, 0.6) is 0 Å². The van der Waals surface area contributed by atoms with E-state index < -0.39 is 6.29 Å². The van der Waals surface area contributed by atoms with Gasteiger partial charge in [0.05, 0.1) is 18.8 Å². The van der Waals surface area contributed by atoms with Crippen molar-refractivity contribution in [2.45, 2.75) is 44.5 Å². The SMILES string of the molecule is C[C@@H](c1ccccc1)N(C)C[C@@H]1C[C@H](c2ccc(CO)cc2)O[C@H](c2cccc(NC(=O)c3ccccc3)c2)O1. The number of carbonyl (C=O) groups is 1. The zero-order valence-corrected chi connectivity index (χ0v) is 22.9. The summed E-state index contributed by atoms with van der Waals surface area (Å²) in [4.78, 5) is 15.1. The number of ether oxygens (including phenoxy) is 2. The third kappa shape index (κ3) is 6.84. The van der Waals surface area contributed by atoms with Gasteiger partial charge < -0.3 is 19.9 Å². The Bertz CT molecular complexity index is 1380. The molecule has 4 atom stereocenters. The molecule has 6 heteroatoms. The lowest BCUT2D eigenvalue weighted by Gasteiger charge is -2.39. The van der Waals surface area contributed by atoms with Crippen molar-refractivity contribution in [2.75, 3.05) is 18.9 Å². The summed E-state index contributed by atoms with van der Waals surface area (Å²) in [5.41, 5.74) is 5.28. The standard InChI is InChI=1S/C34H36N2O4/c1-24(26-10-5-3-6-11-26)36(2)22-31-21-32(27-18-16-25(23-37)17-19-27)40-34(39-31)29-14-9-15-30(20-29)35-33(38)28-12-7-4-8-13-28/h3-20,24,31-32,34,37H,21-23H2,1-2H3,(H,35,38)/t24-,31-,32+,34+/m0/s1. The van der Waals surface area contributed by atoms with Gasteiger partial charge in [-0.3, -0.25) is 9.69 Å². The number of nitrogens with zero attached hydrogens (tertiary/aromatic N) is 1. The van der Waals surface area contributed by atoms with Gasteiger partial charge in [-0.15, -0.1) is 0 Å². The normalized spacial score (nSPS) is 19.8. The van der Waals surface area contributed by atoms with Crippen molar-refractivity contribution in [1.29, 1.82) is 0 Å². The minimum absolute atomic E-state index is 0.00380. The molecule has 6 nitrogen and oxygen atoms in total. The molecule has 1 amide bonds. The van der Waals surface area contributed by atoms with E-state index in [1.807, 2.05) is 72.8 Å². The van der Waals surface area contributed by atoms with E-state index in [-0.39, 0.29) is 30.8 Å². The number of amides is 1. The van der Waals surface area contributed by atoms with Gasteiger partial charge in [-0.2, -0.15) is 0 Å². The molecule has 1 saturated heterocycles. The number of aliphatic hydroxyl groups is 1. The molecule has 40 heavy (non-hydrogen) atoms. The first-order chi connectivity index (χ1) is 19.5. The second-order valence-electron chi connectivity index (χ2n) is 10.3. The van der Waals surface area contributed by atoms with Crippen molar-refractivity contribution in [3.8, 4) is 0 Å². The maximum absolute atomic E-state index is 12.7. The Morgan fingerprint density at radius 1 is 0.900 bits per heavy atom. The van der Waals surface area contributed by atoms with E-state index in [2.05, 4.69) is 48.5 Å². The molecular weight excluding hydrogens is 500 g/mol. The van der Waals surface area contributed by atoms with E-state index in [9.17, 15) is 9.90 Å². The third-order valence-electron chi connectivity index (χ3n) is 7.50. The number of hydrogen-bond acceptors (Lipinski definition) is 5. The minimum atomic E-state index is -0.602. The number of aliphatic hydroxyl groups excluding tert-OH is 1. The molecule has 0 aliphatic carbocycles. The summed E-state index contributed by atoms with van der Waals surface area (Å²) in [5, 5.41) is 12.5. The van der Waals surface area contributed by atoms with Crippen LogP contribution in [0.25, 0.3) is 0 Å². The molecule has 1 fully saturated rings. The molecule has 1 heterocycles. The number of carbonyl (C=O) groups excluding carboxylic acids is 1. The van der Waals surface area contributed by atoms with Gasteiger partial charge in [0.15, 0.2) is 6.29 Å². The predicted octanol–water partition coefficient (Wildman–Crippen LogP) is 6.67. The molecule has 1 aliphatic rings. The van der Waals surface area contributed by atoms with Crippen LogP contribution in [-0.2, 0) is 16.1 Å². The smallest absolute Gasteiger partial charge is 0.255 e. The summed E-state index contributed by atoms with van der Waals surface area (Å²) in [5.74, 6) is -0.167. The zero-order valence-electron chi connectivity index (χ0n) is 22.9. The second kappa shape index (κ2) is 13.0. The summed E-state index contributed by atoms with van der Waals surface area (Å²) in [6.07, 6.45) is -0.166. The first kappa shape index (κ1) is 27.7. The van der Waals surface area contributed by atoms with Crippen molar-refractivity contribution in [3.63, 3.8) is 0 Å². The van der Waals surface area contributed by atoms with E-state index in [1.54, 1.807) is 12.1 Å². The van der Waals surface area contributed by atoms with Crippen molar-refractivity contribution in [1.82, 2.24) is 4.90 Å². The average molecular weight is 537 g/mol. The lowest BCUT2D eigenvalue weighted by atomic mass is 9.99. The van der Waals surface area contributed by atoms with Crippen LogP contribution in [0, 0.1) is 0 Å². The highest BCUT2D eigenvalue weighted by Crippen LogP contribution is 2.39. The zero-order chi connectivity index (χ0) is 27.9. The molecular formula is C34H36N2O4. The van der Waals surface area contributed by atoms with Gasteiger partial charge >= 0.3 is 0 Å². The Hall–Kier alpha value is -3.81. The molecule has 0 saturated carbocycles. The summed E-state index contributed by atoms with van der Waals surface area (Å²) in [7, 11) is 2.12. The Kier molecular flexibility index (Phi) is 9.04. The highest BCUT2D eigenvalue weighted by molar-refractivity contribution is 6.04. The number of hydrogen-bond donors (Lipinski definition) is 2. The quantitative estimate of drug-likeness (QED) is 0.250. The maximum Gasteiger partial charge on any atom is 0.255 e. The predicted molar refractivity (Wildman–Crippen MR) is 157 cm³/mol. The van der Waals surface area contributed by atoms with E-state index >= 15 is 0 Å². The fraction of sp³-hybridized carbons (Fsp3) is 0.265. The Morgan fingerprint density at radius 2 is 1.60 bits per heavy atom. The molecule has 1 aliphatic heterocycles. The fourth-order valence-corrected chi connectivity index (χ4v) is 5.05. The van der Waals surface area contributed by atoms with E-state index in [0.29, 0.717) is 17.7 Å². The molecule has 5 rings (SSSR count). The minimum Gasteiger partial charge on any atom is -0.392 e. The number of rotatable bonds is 9. The topological polar surface area (TPSA) is 71.0 Å². The first-order valence-electron chi connectivity index (χ1n) is 13.7. The van der Waals surface area contributed by atoms with Crippen molar-refractivity contribution < 1.29 is 19.4 Å². The Morgan fingerprint density at radius 3 is 2.30 bits per heavy atom. The molecule has 0 spiro atoms. The van der Waals surface area contributed by atoms with Crippen LogP contribution in [0.1, 0.15) is 64.4 Å². The average Bonchev–Trinajstić information content (AvgIpc) is 3.01. The van der Waals surface area contributed by atoms with Gasteiger partial charge in [0.2, 0.25) is 0 Å². The number of benzene rings is 4. The summed E-state index contributed by atoms with van der Waals surface area (Å²) in [6.45, 7) is 2.94. The molecule has 0 unspecified atom stereocenters. The van der Waals surface area contributed by atoms with Gasteiger partial charge in [0.25, 0.3) is 5.91 Å². The number of likely N-dealkylation sites (N-methyl/N-ethyl adjacent to an activating group) is 1. The van der Waals surface area contributed by atoms with Gasteiger partial charge in [-0.05, 0) is 54.9 Å². The van der Waals surface area contributed by atoms with Crippen LogP contribution >= 0.6 is 0 Å². The van der Waals surface area contributed by atoms with Crippen LogP contribution in [-0.4, -0.2) is 35.6 Å². The molecule has 2 N–H and O–H groups in total. The fourth-order valence-electron chi connectivity index (χ4n) is 5.05. The van der Waals surface area contributed by atoms with Gasteiger partial charge in [-0.1, -0.05) is 84.9 Å².